The average molecular weight is 409 g/mol. The quantitative estimate of drug-likeness (QED) is 0.386. The lowest BCUT2D eigenvalue weighted by molar-refractivity contribution is -0.164. The first kappa shape index (κ1) is 29.7. The largest absolute Gasteiger partial charge is 0.482 e. The van der Waals surface area contributed by atoms with Crippen LogP contribution < -0.4 is 4.74 Å². The molecular formula is C26H48O3. The molecular weight excluding hydrogens is 360 g/mol. The molecule has 1 aromatic carbocycles. The number of benzene rings is 1. The molecule has 0 N–H and O–H groups in total. The smallest absolute Gasteiger partial charge is 0.344 e. The van der Waals surface area contributed by atoms with Gasteiger partial charge < -0.3 is 9.47 Å². The van der Waals surface area contributed by atoms with E-state index in [0.717, 1.165) is 25.7 Å². The van der Waals surface area contributed by atoms with E-state index in [2.05, 4.69) is 60.6 Å². The first-order valence-electron chi connectivity index (χ1n) is 11.6. The van der Waals surface area contributed by atoms with Crippen molar-refractivity contribution in [2.45, 2.75) is 113 Å². The van der Waals surface area contributed by atoms with Crippen molar-refractivity contribution in [1.29, 1.82) is 0 Å². The molecule has 0 saturated carbocycles. The Morgan fingerprint density at radius 2 is 1.41 bits per heavy atom. The van der Waals surface area contributed by atoms with E-state index >= 15 is 0 Å². The number of hydrogen-bond acceptors (Lipinski definition) is 3. The van der Waals surface area contributed by atoms with Crippen LogP contribution in [-0.4, -0.2) is 18.2 Å². The number of ether oxygens (including phenoxy) is 2. The molecule has 1 rings (SSSR count). The predicted molar refractivity (Wildman–Crippen MR) is 127 cm³/mol. The van der Waals surface area contributed by atoms with E-state index in [9.17, 15) is 4.79 Å². The molecule has 0 radical (unpaired) electrons. The second-order valence-electron chi connectivity index (χ2n) is 8.06. The van der Waals surface area contributed by atoms with E-state index in [1.54, 1.807) is 0 Å². The van der Waals surface area contributed by atoms with Gasteiger partial charge in [0.25, 0.3) is 0 Å². The van der Waals surface area contributed by atoms with Crippen LogP contribution in [0.15, 0.2) is 24.3 Å². The van der Waals surface area contributed by atoms with Gasteiger partial charge in [-0.15, -0.1) is 0 Å². The molecule has 1 atom stereocenters. The monoisotopic (exact) mass is 408 g/mol. The van der Waals surface area contributed by atoms with Gasteiger partial charge in [-0.05, 0) is 48.3 Å². The first-order chi connectivity index (χ1) is 13.7. The lowest BCUT2D eigenvalue weighted by atomic mass is 9.78. The Bertz CT molecular complexity index is 522. The summed E-state index contributed by atoms with van der Waals surface area (Å²) in [5, 5.41) is 0. The number of carbonyl (C=O) groups excluding carboxylic acids is 1. The maximum Gasteiger partial charge on any atom is 0.344 e. The fourth-order valence-electron chi connectivity index (χ4n) is 3.02. The third-order valence-electron chi connectivity index (χ3n) is 5.36. The first-order valence-corrected chi connectivity index (χ1v) is 11.6. The summed E-state index contributed by atoms with van der Waals surface area (Å²) in [6.45, 7) is 23.2. The Balaban J connectivity index is 0. The highest BCUT2D eigenvalue weighted by Gasteiger charge is 2.29. The maximum atomic E-state index is 12.2. The van der Waals surface area contributed by atoms with Gasteiger partial charge >= 0.3 is 5.97 Å². The summed E-state index contributed by atoms with van der Waals surface area (Å²) in [4.78, 5) is 12.2. The van der Waals surface area contributed by atoms with Crippen LogP contribution in [0.5, 0.6) is 5.75 Å². The molecule has 0 bridgehead atoms. The van der Waals surface area contributed by atoms with Crippen LogP contribution in [-0.2, 0) is 9.53 Å². The van der Waals surface area contributed by atoms with Crippen LogP contribution in [0.2, 0.25) is 0 Å². The highest BCUT2D eigenvalue weighted by Crippen LogP contribution is 2.35. The minimum atomic E-state index is -0.346. The van der Waals surface area contributed by atoms with Crippen LogP contribution >= 0.6 is 0 Å². The molecule has 0 amide bonds. The third-order valence-corrected chi connectivity index (χ3v) is 5.36. The fourth-order valence-corrected chi connectivity index (χ4v) is 3.02. The van der Waals surface area contributed by atoms with E-state index in [-0.39, 0.29) is 23.6 Å². The molecule has 3 heteroatoms. The van der Waals surface area contributed by atoms with E-state index < -0.39 is 0 Å². The van der Waals surface area contributed by atoms with Gasteiger partial charge in [-0.3, -0.25) is 0 Å². The second-order valence-corrected chi connectivity index (χ2v) is 8.06. The molecule has 0 aromatic heterocycles. The summed E-state index contributed by atoms with van der Waals surface area (Å²) in [6, 6.07) is 8.03. The molecule has 29 heavy (non-hydrogen) atoms. The van der Waals surface area contributed by atoms with Gasteiger partial charge in [0.1, 0.15) is 11.4 Å². The van der Waals surface area contributed by atoms with E-state index in [1.165, 1.54) is 5.56 Å². The van der Waals surface area contributed by atoms with Crippen molar-refractivity contribution in [2.24, 2.45) is 5.41 Å². The molecule has 1 aromatic rings. The summed E-state index contributed by atoms with van der Waals surface area (Å²) in [6.07, 6.45) is 3.57. The molecule has 0 spiro atoms. The second kappa shape index (κ2) is 15.3. The van der Waals surface area contributed by atoms with Crippen LogP contribution in [0.25, 0.3) is 0 Å². The van der Waals surface area contributed by atoms with Gasteiger partial charge in [0.15, 0.2) is 6.61 Å². The normalized spacial score (nSPS) is 12.0. The van der Waals surface area contributed by atoms with Gasteiger partial charge in [-0.25, -0.2) is 4.79 Å². The standard InChI is InChI=1S/C22H36O3.2C2H6/c1-8-15-22(9-2,10-3)25-20(23)16-24-19-13-11-18(12-14-19)17(4)21(5,6)7;2*1-2/h11-14,17H,8-10,15-16H2,1-7H3;2*1-2H3. The number of hydrogen-bond donors (Lipinski definition) is 0. The zero-order chi connectivity index (χ0) is 23.1. The van der Waals surface area contributed by atoms with Gasteiger partial charge in [0.2, 0.25) is 0 Å². The van der Waals surface area contributed by atoms with Crippen molar-refractivity contribution in [2.75, 3.05) is 6.61 Å². The van der Waals surface area contributed by atoms with E-state index in [1.807, 2.05) is 39.8 Å². The van der Waals surface area contributed by atoms with Crippen LogP contribution in [0.1, 0.15) is 113 Å². The molecule has 0 aliphatic heterocycles. The zero-order valence-electron chi connectivity index (χ0n) is 21.1. The fraction of sp³-hybridized carbons (Fsp3) is 0.731. The average Bonchev–Trinajstić information content (AvgIpc) is 2.74. The van der Waals surface area contributed by atoms with E-state index in [0.29, 0.717) is 11.7 Å². The highest BCUT2D eigenvalue weighted by molar-refractivity contribution is 5.71. The summed E-state index contributed by atoms with van der Waals surface area (Å²) in [7, 11) is 0. The maximum absolute atomic E-state index is 12.2. The van der Waals surface area contributed by atoms with Gasteiger partial charge in [0, 0.05) is 0 Å². The Hall–Kier alpha value is -1.51. The zero-order valence-corrected chi connectivity index (χ0v) is 21.1. The summed E-state index contributed by atoms with van der Waals surface area (Å²) >= 11 is 0. The van der Waals surface area contributed by atoms with Gasteiger partial charge in [-0.1, -0.05) is 94.7 Å². The molecule has 0 fully saturated rings. The van der Waals surface area contributed by atoms with Crippen molar-refractivity contribution >= 4 is 5.97 Å². The topological polar surface area (TPSA) is 35.5 Å². The molecule has 0 aliphatic rings. The van der Waals surface area contributed by atoms with Gasteiger partial charge in [0.05, 0.1) is 0 Å². The minimum absolute atomic E-state index is 0.0420. The summed E-state index contributed by atoms with van der Waals surface area (Å²) in [5.41, 5.74) is 1.15. The van der Waals surface area contributed by atoms with Crippen LogP contribution in [0, 0.1) is 5.41 Å². The van der Waals surface area contributed by atoms with Crippen LogP contribution in [0.3, 0.4) is 0 Å². The SMILES string of the molecule is CC.CC.CCCC(CC)(CC)OC(=O)COc1ccc(C(C)C(C)(C)C)cc1. The Morgan fingerprint density at radius 3 is 1.79 bits per heavy atom. The lowest BCUT2D eigenvalue weighted by Gasteiger charge is -2.31. The highest BCUT2D eigenvalue weighted by atomic mass is 16.6. The Kier molecular flexibility index (Phi) is 15.7. The lowest BCUT2D eigenvalue weighted by Crippen LogP contribution is -2.35. The Labute approximate surface area is 181 Å². The summed E-state index contributed by atoms with van der Waals surface area (Å²) < 4.78 is 11.4. The van der Waals surface area contributed by atoms with Gasteiger partial charge in [-0.2, -0.15) is 0 Å². The number of esters is 1. The molecule has 1 unspecified atom stereocenters. The van der Waals surface area contributed by atoms with Crippen molar-refractivity contribution in [3.05, 3.63) is 29.8 Å². The minimum Gasteiger partial charge on any atom is -0.482 e. The number of rotatable bonds is 9. The Morgan fingerprint density at radius 1 is 0.931 bits per heavy atom. The number of carbonyl (C=O) groups is 1. The molecule has 0 saturated heterocycles. The van der Waals surface area contributed by atoms with Crippen molar-refractivity contribution in [1.82, 2.24) is 0 Å². The summed E-state index contributed by atoms with van der Waals surface area (Å²) in [5.74, 6) is 0.871. The molecule has 170 valence electrons. The van der Waals surface area contributed by atoms with E-state index in [4.69, 9.17) is 9.47 Å². The van der Waals surface area contributed by atoms with Crippen molar-refractivity contribution < 1.29 is 14.3 Å². The molecule has 0 aliphatic carbocycles. The molecule has 3 nitrogen and oxygen atoms in total. The predicted octanol–water partition coefficient (Wildman–Crippen LogP) is 8.17. The van der Waals surface area contributed by atoms with Crippen molar-refractivity contribution in [3.8, 4) is 5.75 Å². The molecule has 0 heterocycles. The van der Waals surface area contributed by atoms with Crippen LogP contribution in [0.4, 0.5) is 0 Å². The van der Waals surface area contributed by atoms with Crippen molar-refractivity contribution in [3.63, 3.8) is 0 Å². The third kappa shape index (κ3) is 10.7.